The molecule has 0 N–H and O–H groups in total. The molecule has 0 bridgehead atoms. The maximum Gasteiger partial charge on any atom is 0.365 e. The minimum absolute atomic E-state index is 0.0789. The molecule has 0 aliphatic heterocycles. The van der Waals surface area contributed by atoms with E-state index in [2.05, 4.69) is 57.2 Å². The number of oxime groups is 1. The first kappa shape index (κ1) is 20.3. The molecule has 1 aromatic rings. The zero-order valence-electron chi connectivity index (χ0n) is 9.54. The molecule has 4 nitrogen and oxygen atoms in total. The van der Waals surface area contributed by atoms with Crippen LogP contribution >= 0.6 is 94.2 Å². The highest BCUT2D eigenvalue weighted by atomic mass is 79.9. The fourth-order valence-corrected chi connectivity index (χ4v) is 4.80. The first-order valence-corrected chi connectivity index (χ1v) is 10.2. The van der Waals surface area contributed by atoms with E-state index >= 15 is 0 Å². The van der Waals surface area contributed by atoms with Crippen LogP contribution in [-0.4, -0.2) is 21.5 Å². The lowest BCUT2D eigenvalue weighted by molar-refractivity contribution is 0.336. The predicted molar refractivity (Wildman–Crippen MR) is 97.2 cm³/mol. The van der Waals surface area contributed by atoms with Gasteiger partial charge in [-0.1, -0.05) is 66.3 Å². The summed E-state index contributed by atoms with van der Waals surface area (Å²) in [5.74, 6) is 0. The third-order valence-corrected chi connectivity index (χ3v) is 7.94. The van der Waals surface area contributed by atoms with Gasteiger partial charge < -0.3 is 0 Å². The SMILES string of the molecule is O=S(=O)(ON=C(Br)c1c(Br)cccc1Br)C(Cl)(Cl)C(Cl)Cl. The number of rotatable bonds is 5. The van der Waals surface area contributed by atoms with Gasteiger partial charge in [0, 0.05) is 14.5 Å². The van der Waals surface area contributed by atoms with Gasteiger partial charge >= 0.3 is 10.1 Å². The quantitative estimate of drug-likeness (QED) is 0.258. The third kappa shape index (κ3) is 4.86. The molecule has 1 aromatic carbocycles. The smallest absolute Gasteiger partial charge is 0.265 e. The molecule has 0 aromatic heterocycles. The molecule has 0 heterocycles. The van der Waals surface area contributed by atoms with Gasteiger partial charge in [0.05, 0.1) is 0 Å². The van der Waals surface area contributed by atoms with Gasteiger partial charge in [-0.05, 0) is 28.1 Å². The molecular formula is C9H4Br3Cl4NO3S. The van der Waals surface area contributed by atoms with Crippen LogP contribution in [0.2, 0.25) is 0 Å². The Morgan fingerprint density at radius 2 is 1.71 bits per heavy atom. The topological polar surface area (TPSA) is 55.7 Å². The summed E-state index contributed by atoms with van der Waals surface area (Å²) < 4.78 is 26.8. The lowest BCUT2D eigenvalue weighted by atomic mass is 10.2. The summed E-state index contributed by atoms with van der Waals surface area (Å²) in [4.78, 5) is -1.63. The number of nitrogens with zero attached hydrogens (tertiary/aromatic N) is 1. The van der Waals surface area contributed by atoms with Gasteiger partial charge in [-0.3, -0.25) is 4.28 Å². The van der Waals surface area contributed by atoms with E-state index in [-0.39, 0.29) is 4.62 Å². The second-order valence-electron chi connectivity index (χ2n) is 3.37. The number of hydrogen-bond donors (Lipinski definition) is 0. The monoisotopic (exact) mass is 583 g/mol. The van der Waals surface area contributed by atoms with Gasteiger partial charge in [0.15, 0.2) is 9.46 Å². The fourth-order valence-electron chi connectivity index (χ4n) is 0.981. The van der Waals surface area contributed by atoms with Gasteiger partial charge in [-0.25, -0.2) is 0 Å². The van der Waals surface area contributed by atoms with Crippen molar-refractivity contribution >= 4 is 109 Å². The van der Waals surface area contributed by atoms with E-state index in [1.54, 1.807) is 18.2 Å². The van der Waals surface area contributed by atoms with Crippen LogP contribution in [0.25, 0.3) is 0 Å². The van der Waals surface area contributed by atoms with Crippen molar-refractivity contribution in [3.8, 4) is 0 Å². The Morgan fingerprint density at radius 1 is 1.24 bits per heavy atom. The predicted octanol–water partition coefficient (Wildman–Crippen LogP) is 5.55. The van der Waals surface area contributed by atoms with Crippen LogP contribution in [0.15, 0.2) is 32.3 Å². The number of halogens is 7. The summed E-state index contributed by atoms with van der Waals surface area (Å²) in [5.41, 5.74) is 0.524. The van der Waals surface area contributed by atoms with Crippen molar-refractivity contribution in [3.05, 3.63) is 32.7 Å². The lowest BCUT2D eigenvalue weighted by Gasteiger charge is -2.18. The van der Waals surface area contributed by atoms with Crippen molar-refractivity contribution in [2.24, 2.45) is 5.16 Å². The molecule has 0 unspecified atom stereocenters. The van der Waals surface area contributed by atoms with Crippen LogP contribution in [0.4, 0.5) is 0 Å². The van der Waals surface area contributed by atoms with Gasteiger partial charge in [0.2, 0.25) is 0 Å². The Morgan fingerprint density at radius 3 is 2.14 bits per heavy atom. The van der Waals surface area contributed by atoms with Crippen LogP contribution in [0, 0.1) is 0 Å². The molecule has 1 rings (SSSR count). The zero-order valence-corrected chi connectivity index (χ0v) is 18.1. The molecule has 0 saturated carbocycles. The average Bonchev–Trinajstić information content (AvgIpc) is 2.35. The maximum absolute atomic E-state index is 11.8. The second kappa shape index (κ2) is 7.88. The number of hydrogen-bond acceptors (Lipinski definition) is 4. The lowest BCUT2D eigenvalue weighted by Crippen LogP contribution is -2.33. The average molecular weight is 588 g/mol. The molecule has 0 atom stereocenters. The summed E-state index contributed by atoms with van der Waals surface area (Å²) >= 11 is 31.6. The van der Waals surface area contributed by atoms with Crippen molar-refractivity contribution < 1.29 is 12.7 Å². The molecule has 0 saturated heterocycles. The largest absolute Gasteiger partial charge is 0.365 e. The van der Waals surface area contributed by atoms with Crippen LogP contribution in [0.3, 0.4) is 0 Å². The van der Waals surface area contributed by atoms with Gasteiger partial charge in [0.1, 0.15) is 0 Å². The van der Waals surface area contributed by atoms with E-state index in [0.29, 0.717) is 14.5 Å². The summed E-state index contributed by atoms with van der Waals surface area (Å²) in [7, 11) is -4.57. The van der Waals surface area contributed by atoms with Crippen molar-refractivity contribution in [1.29, 1.82) is 0 Å². The maximum atomic E-state index is 11.8. The van der Waals surface area contributed by atoms with Gasteiger partial charge in [0.25, 0.3) is 3.67 Å². The normalized spacial score (nSPS) is 13.6. The Labute approximate surface area is 166 Å². The Bertz CT molecular complexity index is 646. The summed E-state index contributed by atoms with van der Waals surface area (Å²) in [6.07, 6.45) is 0. The first-order chi connectivity index (χ1) is 9.50. The van der Waals surface area contributed by atoms with Crippen molar-refractivity contribution in [2.45, 2.75) is 8.50 Å². The summed E-state index contributed by atoms with van der Waals surface area (Å²) in [6.45, 7) is 0. The van der Waals surface area contributed by atoms with Gasteiger partial charge in [-0.15, -0.1) is 23.2 Å². The fraction of sp³-hybridized carbons (Fsp3) is 0.222. The highest BCUT2D eigenvalue weighted by molar-refractivity contribution is 9.18. The van der Waals surface area contributed by atoms with E-state index in [1.165, 1.54) is 0 Å². The van der Waals surface area contributed by atoms with E-state index in [9.17, 15) is 8.42 Å². The van der Waals surface area contributed by atoms with E-state index < -0.39 is 18.6 Å². The second-order valence-corrected chi connectivity index (χ2v) is 10.5. The van der Waals surface area contributed by atoms with Crippen LogP contribution in [-0.2, 0) is 14.4 Å². The Balaban J connectivity index is 3.11. The Hall–Kier alpha value is 1.24. The van der Waals surface area contributed by atoms with Crippen LogP contribution in [0.1, 0.15) is 5.56 Å². The number of benzene rings is 1. The molecule has 0 aliphatic rings. The van der Waals surface area contributed by atoms with E-state index in [4.69, 9.17) is 46.4 Å². The highest BCUT2D eigenvalue weighted by Crippen LogP contribution is 2.39. The van der Waals surface area contributed by atoms with Crippen molar-refractivity contribution in [1.82, 2.24) is 0 Å². The molecule has 118 valence electrons. The van der Waals surface area contributed by atoms with Crippen molar-refractivity contribution in [2.75, 3.05) is 0 Å². The first-order valence-electron chi connectivity index (χ1n) is 4.77. The summed E-state index contributed by atoms with van der Waals surface area (Å²) in [6, 6.07) is 5.22. The van der Waals surface area contributed by atoms with Crippen LogP contribution < -0.4 is 0 Å². The van der Waals surface area contributed by atoms with E-state index in [1.807, 2.05) is 0 Å². The molecule has 0 spiro atoms. The molecular weight excluding hydrogens is 584 g/mol. The van der Waals surface area contributed by atoms with E-state index in [0.717, 1.165) is 0 Å². The number of alkyl halides is 4. The molecule has 0 fully saturated rings. The molecule has 12 heteroatoms. The summed E-state index contributed by atoms with van der Waals surface area (Å²) in [5, 5.41) is 3.44. The molecule has 0 radical (unpaired) electrons. The Kier molecular flexibility index (Phi) is 7.61. The van der Waals surface area contributed by atoms with Gasteiger partial charge in [-0.2, -0.15) is 8.42 Å². The molecule has 21 heavy (non-hydrogen) atoms. The third-order valence-electron chi connectivity index (χ3n) is 1.97. The molecule has 0 aliphatic carbocycles. The highest BCUT2D eigenvalue weighted by Gasteiger charge is 2.49. The van der Waals surface area contributed by atoms with Crippen LogP contribution in [0.5, 0.6) is 0 Å². The standard InChI is InChI=1S/C9H4Br3Cl4NO3S/c10-4-2-1-3-5(11)6(4)7(12)17-20-21(18,19)9(15,16)8(13)14/h1-3,8H. The zero-order chi connectivity index (χ0) is 16.4. The minimum atomic E-state index is -4.57. The van der Waals surface area contributed by atoms with Crippen molar-refractivity contribution in [3.63, 3.8) is 0 Å². The minimum Gasteiger partial charge on any atom is -0.265 e. The molecule has 0 amide bonds.